The fourth-order valence-corrected chi connectivity index (χ4v) is 1.57. The Hall–Kier alpha value is -0.710. The highest BCUT2D eigenvalue weighted by atomic mass is 32.2. The number of aliphatic carboxylic acids is 1. The third kappa shape index (κ3) is 5.11. The second kappa shape index (κ2) is 6.70. The van der Waals surface area contributed by atoms with Crippen molar-refractivity contribution < 1.29 is 14.7 Å². The molecule has 0 aromatic rings. The molecule has 0 bridgehead atoms. The van der Waals surface area contributed by atoms with Gasteiger partial charge in [-0.25, -0.2) is 0 Å². The van der Waals surface area contributed by atoms with Gasteiger partial charge in [0.15, 0.2) is 0 Å². The van der Waals surface area contributed by atoms with Crippen molar-refractivity contribution in [1.29, 1.82) is 0 Å². The van der Waals surface area contributed by atoms with E-state index in [4.69, 9.17) is 5.11 Å². The van der Waals surface area contributed by atoms with Crippen LogP contribution in [0.25, 0.3) is 0 Å². The van der Waals surface area contributed by atoms with E-state index >= 15 is 0 Å². The van der Waals surface area contributed by atoms with E-state index in [-0.39, 0.29) is 0 Å². The Kier molecular flexibility index (Phi) is 6.36. The second-order valence-corrected chi connectivity index (χ2v) is 4.28. The lowest BCUT2D eigenvalue weighted by molar-refractivity contribution is -0.146. The molecule has 0 saturated heterocycles. The Morgan fingerprint density at radius 1 is 1.43 bits per heavy atom. The van der Waals surface area contributed by atoms with Gasteiger partial charge in [0.05, 0.1) is 0 Å². The third-order valence-corrected chi connectivity index (χ3v) is 2.74. The molecule has 0 rings (SSSR count). The maximum absolute atomic E-state index is 11.2. The van der Waals surface area contributed by atoms with Crippen LogP contribution in [0.4, 0.5) is 0 Å². The van der Waals surface area contributed by atoms with Gasteiger partial charge >= 0.3 is 5.97 Å². The molecule has 4 nitrogen and oxygen atoms in total. The van der Waals surface area contributed by atoms with Crippen molar-refractivity contribution in [2.45, 2.75) is 13.8 Å². The number of carbonyl (C=O) groups excluding carboxylic acids is 1. The van der Waals surface area contributed by atoms with Crippen molar-refractivity contribution in [2.24, 2.45) is 11.8 Å². The number of carboxylic acid groups (broad SMARTS) is 1. The van der Waals surface area contributed by atoms with Crippen LogP contribution in [0.15, 0.2) is 0 Å². The molecule has 2 N–H and O–H groups in total. The van der Waals surface area contributed by atoms with Gasteiger partial charge in [-0.3, -0.25) is 9.59 Å². The van der Waals surface area contributed by atoms with Crippen molar-refractivity contribution in [3.05, 3.63) is 0 Å². The summed E-state index contributed by atoms with van der Waals surface area (Å²) in [5.74, 6) is -1.13. The zero-order valence-corrected chi connectivity index (χ0v) is 9.56. The van der Waals surface area contributed by atoms with Crippen molar-refractivity contribution in [3.63, 3.8) is 0 Å². The summed E-state index contributed by atoms with van der Waals surface area (Å²) in [7, 11) is 0. The number of hydrogen-bond donors (Lipinski definition) is 2. The van der Waals surface area contributed by atoms with E-state index in [1.54, 1.807) is 11.8 Å². The first-order valence-electron chi connectivity index (χ1n) is 4.48. The number of carbonyl (C=O) groups is 2. The Morgan fingerprint density at radius 3 is 2.43 bits per heavy atom. The predicted octanol–water partition coefficient (Wildman–Crippen LogP) is 0.822. The van der Waals surface area contributed by atoms with E-state index in [0.717, 1.165) is 5.75 Å². The lowest BCUT2D eigenvalue weighted by Crippen LogP contribution is -2.36. The zero-order chi connectivity index (χ0) is 11.1. The summed E-state index contributed by atoms with van der Waals surface area (Å²) < 4.78 is 0. The van der Waals surface area contributed by atoms with Crippen LogP contribution < -0.4 is 5.32 Å². The minimum atomic E-state index is -1.08. The Labute approximate surface area is 88.4 Å². The Balaban J connectivity index is 3.79. The molecule has 0 heterocycles. The van der Waals surface area contributed by atoms with Gasteiger partial charge in [0.25, 0.3) is 0 Å². The summed E-state index contributed by atoms with van der Waals surface area (Å²) in [5.41, 5.74) is 0. The number of carboxylic acids is 1. The van der Waals surface area contributed by atoms with E-state index in [1.807, 2.05) is 13.2 Å². The highest BCUT2D eigenvalue weighted by Crippen LogP contribution is 2.03. The van der Waals surface area contributed by atoms with Crippen LogP contribution in [0.3, 0.4) is 0 Å². The standard InChI is InChI=1S/C9H17NO3S/c1-6(5-14-3)4-10-8(11)7(2)9(12)13/h6-7H,4-5H2,1-3H3,(H,10,11)(H,12,13). The van der Waals surface area contributed by atoms with Crippen molar-refractivity contribution in [3.8, 4) is 0 Å². The van der Waals surface area contributed by atoms with Gasteiger partial charge in [0.2, 0.25) is 5.91 Å². The molecule has 0 spiro atoms. The minimum Gasteiger partial charge on any atom is -0.481 e. The number of amides is 1. The molecule has 0 aliphatic rings. The minimum absolute atomic E-state index is 0.370. The van der Waals surface area contributed by atoms with Crippen molar-refractivity contribution >= 4 is 23.6 Å². The molecule has 2 atom stereocenters. The summed E-state index contributed by atoms with van der Waals surface area (Å²) in [6.07, 6.45) is 2.00. The van der Waals surface area contributed by atoms with Gasteiger partial charge in [-0.05, 0) is 24.9 Å². The molecule has 0 radical (unpaired) electrons. The Bertz CT molecular complexity index is 208. The largest absolute Gasteiger partial charge is 0.481 e. The molecule has 2 unspecified atom stereocenters. The summed E-state index contributed by atoms with van der Waals surface area (Å²) in [6, 6.07) is 0. The van der Waals surface area contributed by atoms with Gasteiger partial charge < -0.3 is 10.4 Å². The summed E-state index contributed by atoms with van der Waals surface area (Å²) >= 11 is 1.71. The molecular weight excluding hydrogens is 202 g/mol. The highest BCUT2D eigenvalue weighted by Gasteiger charge is 2.20. The molecule has 0 fully saturated rings. The normalized spacial score (nSPS) is 14.5. The molecule has 0 aliphatic heterocycles. The van der Waals surface area contributed by atoms with Gasteiger partial charge in [-0.2, -0.15) is 11.8 Å². The molecule has 0 aliphatic carbocycles. The Morgan fingerprint density at radius 2 is 2.00 bits per heavy atom. The van der Waals surface area contributed by atoms with Gasteiger partial charge in [-0.1, -0.05) is 6.92 Å². The van der Waals surface area contributed by atoms with Crippen molar-refractivity contribution in [1.82, 2.24) is 5.32 Å². The first-order valence-corrected chi connectivity index (χ1v) is 5.87. The van der Waals surface area contributed by atoms with E-state index in [0.29, 0.717) is 12.5 Å². The third-order valence-electron chi connectivity index (χ3n) is 1.84. The molecule has 14 heavy (non-hydrogen) atoms. The summed E-state index contributed by atoms with van der Waals surface area (Å²) in [6.45, 7) is 3.94. The quantitative estimate of drug-likeness (QED) is 0.649. The van der Waals surface area contributed by atoms with Crippen LogP contribution in [0.2, 0.25) is 0 Å². The number of rotatable bonds is 6. The highest BCUT2D eigenvalue weighted by molar-refractivity contribution is 7.98. The van der Waals surface area contributed by atoms with Crippen LogP contribution in [-0.4, -0.2) is 35.5 Å². The number of thioether (sulfide) groups is 1. The molecule has 0 saturated carbocycles. The molecule has 82 valence electrons. The molecule has 1 amide bonds. The van der Waals surface area contributed by atoms with E-state index in [2.05, 4.69) is 5.32 Å². The zero-order valence-electron chi connectivity index (χ0n) is 8.74. The van der Waals surface area contributed by atoms with Crippen LogP contribution in [0.5, 0.6) is 0 Å². The lowest BCUT2D eigenvalue weighted by Gasteiger charge is -2.12. The van der Waals surface area contributed by atoms with E-state index < -0.39 is 17.8 Å². The van der Waals surface area contributed by atoms with Crippen LogP contribution in [0, 0.1) is 11.8 Å². The monoisotopic (exact) mass is 219 g/mol. The smallest absolute Gasteiger partial charge is 0.315 e. The average Bonchev–Trinajstić information content (AvgIpc) is 2.13. The van der Waals surface area contributed by atoms with Gasteiger partial charge in [0.1, 0.15) is 5.92 Å². The topological polar surface area (TPSA) is 66.4 Å². The maximum Gasteiger partial charge on any atom is 0.315 e. The summed E-state index contributed by atoms with van der Waals surface area (Å²) in [4.78, 5) is 21.6. The fraction of sp³-hybridized carbons (Fsp3) is 0.778. The van der Waals surface area contributed by atoms with Gasteiger partial charge in [-0.15, -0.1) is 0 Å². The van der Waals surface area contributed by atoms with Crippen LogP contribution in [-0.2, 0) is 9.59 Å². The maximum atomic E-state index is 11.2. The number of hydrogen-bond acceptors (Lipinski definition) is 3. The molecule has 0 aromatic heterocycles. The first-order chi connectivity index (χ1) is 6.49. The second-order valence-electron chi connectivity index (χ2n) is 3.37. The van der Waals surface area contributed by atoms with Crippen LogP contribution >= 0.6 is 11.8 Å². The lowest BCUT2D eigenvalue weighted by atomic mass is 10.1. The SMILES string of the molecule is CSCC(C)CNC(=O)C(C)C(=O)O. The molecule has 0 aromatic carbocycles. The van der Waals surface area contributed by atoms with Crippen molar-refractivity contribution in [2.75, 3.05) is 18.6 Å². The van der Waals surface area contributed by atoms with Crippen LogP contribution in [0.1, 0.15) is 13.8 Å². The predicted molar refractivity (Wildman–Crippen MR) is 57.4 cm³/mol. The summed E-state index contributed by atoms with van der Waals surface area (Å²) in [5, 5.41) is 11.2. The van der Waals surface area contributed by atoms with E-state index in [1.165, 1.54) is 6.92 Å². The van der Waals surface area contributed by atoms with E-state index in [9.17, 15) is 9.59 Å². The first kappa shape index (κ1) is 13.3. The molecule has 5 heteroatoms. The number of nitrogens with one attached hydrogen (secondary N) is 1. The molecular formula is C9H17NO3S. The average molecular weight is 219 g/mol. The fourth-order valence-electron chi connectivity index (χ4n) is 0.884. The van der Waals surface area contributed by atoms with Gasteiger partial charge in [0, 0.05) is 6.54 Å².